The minimum atomic E-state index is -0.0388. The molecule has 20 heavy (non-hydrogen) atoms. The lowest BCUT2D eigenvalue weighted by molar-refractivity contribution is 0.0962. The highest BCUT2D eigenvalue weighted by molar-refractivity contribution is 5.95. The van der Waals surface area contributed by atoms with Gasteiger partial charge in [0, 0.05) is 13.5 Å². The molecule has 2 aromatic heterocycles. The molecular formula is C16H16N2O2. The molecule has 0 saturated heterocycles. The van der Waals surface area contributed by atoms with Crippen LogP contribution >= 0.6 is 0 Å². The summed E-state index contributed by atoms with van der Waals surface area (Å²) in [5, 5.41) is 0. The zero-order valence-electron chi connectivity index (χ0n) is 11.6. The van der Waals surface area contributed by atoms with Crippen LogP contribution in [-0.4, -0.2) is 15.3 Å². The molecule has 0 radical (unpaired) electrons. The summed E-state index contributed by atoms with van der Waals surface area (Å²) in [7, 11) is 1.93. The van der Waals surface area contributed by atoms with E-state index in [1.807, 2.05) is 48.9 Å². The predicted octanol–water partition coefficient (Wildman–Crippen LogP) is 3.15. The quantitative estimate of drug-likeness (QED) is 0.683. The number of hydrogen-bond acceptors (Lipinski definition) is 3. The topological polar surface area (TPSA) is 48.0 Å². The van der Waals surface area contributed by atoms with E-state index in [-0.39, 0.29) is 12.2 Å². The van der Waals surface area contributed by atoms with E-state index < -0.39 is 0 Å². The Bertz CT molecular complexity index is 768. The highest BCUT2D eigenvalue weighted by Crippen LogP contribution is 2.17. The third-order valence-electron chi connectivity index (χ3n) is 3.48. The van der Waals surface area contributed by atoms with Gasteiger partial charge < -0.3 is 8.98 Å². The van der Waals surface area contributed by atoms with Crippen molar-refractivity contribution in [2.24, 2.45) is 7.05 Å². The summed E-state index contributed by atoms with van der Waals surface area (Å²) in [6, 6.07) is 11.5. The van der Waals surface area contributed by atoms with Gasteiger partial charge in [0.15, 0.2) is 5.76 Å². The van der Waals surface area contributed by atoms with Crippen molar-refractivity contribution in [2.75, 3.05) is 0 Å². The van der Waals surface area contributed by atoms with Crippen LogP contribution in [0, 0.1) is 0 Å². The maximum atomic E-state index is 12.2. The summed E-state index contributed by atoms with van der Waals surface area (Å²) < 4.78 is 7.45. The molecule has 0 atom stereocenters. The van der Waals surface area contributed by atoms with Crippen molar-refractivity contribution < 1.29 is 9.21 Å². The monoisotopic (exact) mass is 268 g/mol. The van der Waals surface area contributed by atoms with E-state index in [4.69, 9.17) is 4.42 Å². The maximum Gasteiger partial charge on any atom is 0.205 e. The van der Waals surface area contributed by atoms with Crippen LogP contribution in [0.3, 0.4) is 0 Å². The molecule has 0 aliphatic heterocycles. The van der Waals surface area contributed by atoms with Crippen LogP contribution in [0.25, 0.3) is 11.0 Å². The molecule has 4 heteroatoms. The van der Waals surface area contributed by atoms with Gasteiger partial charge in [-0.3, -0.25) is 4.79 Å². The third kappa shape index (κ3) is 2.13. The fourth-order valence-corrected chi connectivity index (χ4v) is 2.30. The number of benzene rings is 1. The van der Waals surface area contributed by atoms with Gasteiger partial charge in [-0.2, -0.15) is 0 Å². The highest BCUT2D eigenvalue weighted by Gasteiger charge is 2.16. The van der Waals surface area contributed by atoms with Crippen molar-refractivity contribution in [1.82, 2.24) is 9.55 Å². The Balaban J connectivity index is 1.89. The van der Waals surface area contributed by atoms with E-state index in [1.165, 1.54) is 0 Å². The minimum Gasteiger partial charge on any atom is -0.458 e. The van der Waals surface area contributed by atoms with Crippen LogP contribution in [-0.2, 0) is 19.9 Å². The van der Waals surface area contributed by atoms with Crippen LogP contribution in [0.4, 0.5) is 0 Å². The molecule has 3 aromatic rings. The Morgan fingerprint density at radius 1 is 1.25 bits per heavy atom. The van der Waals surface area contributed by atoms with E-state index in [1.54, 1.807) is 6.07 Å². The summed E-state index contributed by atoms with van der Waals surface area (Å²) >= 11 is 0. The van der Waals surface area contributed by atoms with Gasteiger partial charge in [-0.15, -0.1) is 0 Å². The van der Waals surface area contributed by atoms with Crippen molar-refractivity contribution in [2.45, 2.75) is 19.8 Å². The van der Waals surface area contributed by atoms with E-state index in [9.17, 15) is 4.79 Å². The minimum absolute atomic E-state index is 0.0388. The van der Waals surface area contributed by atoms with Gasteiger partial charge in [-0.25, -0.2) is 4.98 Å². The standard InChI is InChI=1S/C16H16N2O2/c1-3-11-8-9-15(20-11)14(19)10-16-17-12-6-4-5-7-13(12)18(16)2/h4-9H,3,10H2,1-2H3. The number of nitrogens with zero attached hydrogens (tertiary/aromatic N) is 2. The zero-order valence-corrected chi connectivity index (χ0v) is 11.6. The lowest BCUT2D eigenvalue weighted by Crippen LogP contribution is -2.07. The van der Waals surface area contributed by atoms with Gasteiger partial charge in [0.05, 0.1) is 17.5 Å². The van der Waals surface area contributed by atoms with Crippen molar-refractivity contribution in [3.63, 3.8) is 0 Å². The molecule has 0 N–H and O–H groups in total. The second kappa shape index (κ2) is 4.96. The number of para-hydroxylation sites is 2. The van der Waals surface area contributed by atoms with Gasteiger partial charge in [0.1, 0.15) is 11.6 Å². The largest absolute Gasteiger partial charge is 0.458 e. The van der Waals surface area contributed by atoms with E-state index in [0.717, 1.165) is 29.0 Å². The normalized spacial score (nSPS) is 11.1. The van der Waals surface area contributed by atoms with E-state index in [2.05, 4.69) is 4.98 Å². The lowest BCUT2D eigenvalue weighted by Gasteiger charge is -2.00. The summed E-state index contributed by atoms with van der Waals surface area (Å²) in [4.78, 5) is 16.7. The maximum absolute atomic E-state index is 12.2. The molecular weight excluding hydrogens is 252 g/mol. The van der Waals surface area contributed by atoms with Crippen LogP contribution in [0.15, 0.2) is 40.8 Å². The van der Waals surface area contributed by atoms with Gasteiger partial charge in [0.25, 0.3) is 0 Å². The molecule has 0 amide bonds. The number of aryl methyl sites for hydroxylation is 2. The van der Waals surface area contributed by atoms with Crippen molar-refractivity contribution in [3.05, 3.63) is 53.7 Å². The Labute approximate surface area is 117 Å². The van der Waals surface area contributed by atoms with Gasteiger partial charge >= 0.3 is 0 Å². The molecule has 1 aromatic carbocycles. The zero-order chi connectivity index (χ0) is 14.1. The van der Waals surface area contributed by atoms with Crippen LogP contribution in [0.5, 0.6) is 0 Å². The number of imidazole rings is 1. The smallest absolute Gasteiger partial charge is 0.205 e. The molecule has 2 heterocycles. The number of carbonyl (C=O) groups is 1. The molecule has 102 valence electrons. The van der Waals surface area contributed by atoms with Crippen LogP contribution in [0.1, 0.15) is 29.1 Å². The van der Waals surface area contributed by atoms with Crippen molar-refractivity contribution >= 4 is 16.8 Å². The number of fused-ring (bicyclic) bond motifs is 1. The van der Waals surface area contributed by atoms with E-state index in [0.29, 0.717) is 5.76 Å². The molecule has 0 bridgehead atoms. The SMILES string of the molecule is CCc1ccc(C(=O)Cc2nc3ccccc3n2C)o1. The van der Waals surface area contributed by atoms with Gasteiger partial charge in [0.2, 0.25) is 5.78 Å². The summed E-state index contributed by atoms with van der Waals surface area (Å²) in [6.07, 6.45) is 1.04. The first-order chi connectivity index (χ1) is 9.69. The van der Waals surface area contributed by atoms with Gasteiger partial charge in [-0.1, -0.05) is 19.1 Å². The Morgan fingerprint density at radius 3 is 2.75 bits per heavy atom. The van der Waals surface area contributed by atoms with Crippen molar-refractivity contribution in [1.29, 1.82) is 0 Å². The molecule has 0 fully saturated rings. The highest BCUT2D eigenvalue weighted by atomic mass is 16.3. The fraction of sp³-hybridized carbons (Fsp3) is 0.250. The molecule has 0 unspecified atom stereocenters. The Hall–Kier alpha value is -2.36. The number of hydrogen-bond donors (Lipinski definition) is 0. The number of ketones is 1. The Morgan fingerprint density at radius 2 is 2.05 bits per heavy atom. The first-order valence-corrected chi connectivity index (χ1v) is 6.71. The van der Waals surface area contributed by atoms with Crippen LogP contribution < -0.4 is 0 Å². The molecule has 0 spiro atoms. The second-order valence-corrected chi connectivity index (χ2v) is 4.80. The van der Waals surface area contributed by atoms with E-state index >= 15 is 0 Å². The summed E-state index contributed by atoms with van der Waals surface area (Å²) in [5.41, 5.74) is 1.94. The number of furan rings is 1. The molecule has 0 aliphatic carbocycles. The predicted molar refractivity (Wildman–Crippen MR) is 76.8 cm³/mol. The average molecular weight is 268 g/mol. The third-order valence-corrected chi connectivity index (χ3v) is 3.48. The summed E-state index contributed by atoms with van der Waals surface area (Å²) in [6.45, 7) is 2.00. The second-order valence-electron chi connectivity index (χ2n) is 4.80. The van der Waals surface area contributed by atoms with Crippen molar-refractivity contribution in [3.8, 4) is 0 Å². The van der Waals surface area contributed by atoms with Gasteiger partial charge in [-0.05, 0) is 24.3 Å². The number of aromatic nitrogens is 2. The first kappa shape index (κ1) is 12.7. The van der Waals surface area contributed by atoms with Crippen LogP contribution in [0.2, 0.25) is 0 Å². The number of rotatable bonds is 4. The fourth-order valence-electron chi connectivity index (χ4n) is 2.30. The molecule has 0 aliphatic rings. The molecule has 3 rings (SSSR count). The lowest BCUT2D eigenvalue weighted by atomic mass is 10.2. The number of carbonyl (C=O) groups excluding carboxylic acids is 1. The number of Topliss-reactive ketones (excluding diaryl/α,β-unsaturated/α-hetero) is 1. The molecule has 0 saturated carbocycles. The average Bonchev–Trinajstić information content (AvgIpc) is 3.05. The Kier molecular flexibility index (Phi) is 3.14. The first-order valence-electron chi connectivity index (χ1n) is 6.71. The molecule has 4 nitrogen and oxygen atoms in total. The summed E-state index contributed by atoms with van der Waals surface area (Å²) in [5.74, 6) is 1.96.